The van der Waals surface area contributed by atoms with E-state index < -0.39 is 0 Å². The maximum atomic E-state index is 13.8. The summed E-state index contributed by atoms with van der Waals surface area (Å²) in [5.74, 6) is 0.976. The predicted octanol–water partition coefficient (Wildman–Crippen LogP) is 2.61. The van der Waals surface area contributed by atoms with Crippen molar-refractivity contribution in [2.75, 3.05) is 39.9 Å². The number of ether oxygens (including phenoxy) is 1. The van der Waals surface area contributed by atoms with Gasteiger partial charge in [-0.2, -0.15) is 0 Å². The number of nitrogens with zero attached hydrogens (tertiary/aromatic N) is 2. The molecule has 140 valence electrons. The van der Waals surface area contributed by atoms with Gasteiger partial charge in [0.15, 0.2) is 5.96 Å². The van der Waals surface area contributed by atoms with E-state index in [9.17, 15) is 4.39 Å². The van der Waals surface area contributed by atoms with Gasteiger partial charge in [-0.1, -0.05) is 29.8 Å². The summed E-state index contributed by atoms with van der Waals surface area (Å²) in [6.45, 7) is 9.13. The highest BCUT2D eigenvalue weighted by Crippen LogP contribution is 2.15. The van der Waals surface area contributed by atoms with E-state index in [1.54, 1.807) is 19.2 Å². The van der Waals surface area contributed by atoms with Gasteiger partial charge in [-0.05, 0) is 24.1 Å². The van der Waals surface area contributed by atoms with Gasteiger partial charge >= 0.3 is 0 Å². The molecule has 0 saturated carbocycles. The van der Waals surface area contributed by atoms with E-state index in [0.29, 0.717) is 30.0 Å². The molecule has 1 unspecified atom stereocenters. The van der Waals surface area contributed by atoms with Crippen LogP contribution in [0.2, 0.25) is 0 Å². The maximum Gasteiger partial charge on any atom is 0.191 e. The lowest BCUT2D eigenvalue weighted by molar-refractivity contribution is 0.00752. The maximum absolute atomic E-state index is 13.8. The van der Waals surface area contributed by atoms with Gasteiger partial charge < -0.3 is 15.4 Å². The molecule has 0 radical (unpaired) electrons. The number of benzene rings is 1. The van der Waals surface area contributed by atoms with Crippen LogP contribution in [0, 0.1) is 11.7 Å². The zero-order valence-corrected chi connectivity index (χ0v) is 16.8. The molecule has 0 spiro atoms. The molecule has 5 nitrogen and oxygen atoms in total. The van der Waals surface area contributed by atoms with Crippen LogP contribution in [0.4, 0.5) is 4.39 Å². The quantitative estimate of drug-likeness (QED) is 0.554. The van der Waals surface area contributed by atoms with E-state index in [-0.39, 0.29) is 5.82 Å². The largest absolute Gasteiger partial charge is 0.379 e. The average Bonchev–Trinajstić information content (AvgIpc) is 2.61. The second-order valence-electron chi connectivity index (χ2n) is 6.50. The van der Waals surface area contributed by atoms with E-state index in [2.05, 4.69) is 50.3 Å². The molecule has 1 aliphatic rings. The molecular weight excluding hydrogens is 387 g/mol. The Hall–Kier alpha value is -1.18. The first-order valence-electron chi connectivity index (χ1n) is 8.71. The minimum atomic E-state index is -0.223. The standard InChI is InChI=1S/C18H28BrFN4O/c1-13(2)17(24-6-8-25-9-7-24)12-23-18(21-3)22-11-14-10-15(19)4-5-16(14)20/h4-5,10,13,17H,6-9,11-12H2,1-3H3,(H2,21,22,23). The molecule has 2 N–H and O–H groups in total. The molecule has 0 amide bonds. The molecule has 0 bridgehead atoms. The molecule has 1 aliphatic heterocycles. The lowest BCUT2D eigenvalue weighted by atomic mass is 10.0. The van der Waals surface area contributed by atoms with Crippen LogP contribution in [0.1, 0.15) is 19.4 Å². The van der Waals surface area contributed by atoms with Crippen molar-refractivity contribution in [2.45, 2.75) is 26.4 Å². The number of guanidine groups is 1. The third-order valence-electron chi connectivity index (χ3n) is 4.44. The van der Waals surface area contributed by atoms with Crippen LogP contribution >= 0.6 is 15.9 Å². The van der Waals surface area contributed by atoms with Crippen molar-refractivity contribution >= 4 is 21.9 Å². The van der Waals surface area contributed by atoms with E-state index in [1.165, 1.54) is 6.07 Å². The van der Waals surface area contributed by atoms with Gasteiger partial charge in [0, 0.05) is 49.3 Å². The molecule has 2 rings (SSSR count). The van der Waals surface area contributed by atoms with Crippen molar-refractivity contribution in [3.63, 3.8) is 0 Å². The van der Waals surface area contributed by atoms with Crippen LogP contribution in [0.25, 0.3) is 0 Å². The van der Waals surface area contributed by atoms with Crippen LogP contribution in [0.5, 0.6) is 0 Å². The Bertz CT molecular complexity index is 576. The van der Waals surface area contributed by atoms with E-state index in [0.717, 1.165) is 37.3 Å². The van der Waals surface area contributed by atoms with Gasteiger partial charge in [0.25, 0.3) is 0 Å². The highest BCUT2D eigenvalue weighted by atomic mass is 79.9. The molecule has 1 aromatic carbocycles. The topological polar surface area (TPSA) is 48.9 Å². The number of hydrogen-bond acceptors (Lipinski definition) is 3. The molecule has 1 fully saturated rings. The van der Waals surface area contributed by atoms with Crippen molar-refractivity contribution in [1.29, 1.82) is 0 Å². The van der Waals surface area contributed by atoms with Crippen LogP contribution in [0.15, 0.2) is 27.7 Å². The molecule has 0 aliphatic carbocycles. The normalized spacial score (nSPS) is 17.6. The Kier molecular flexibility index (Phi) is 8.12. The summed E-state index contributed by atoms with van der Waals surface area (Å²) in [4.78, 5) is 6.71. The minimum Gasteiger partial charge on any atom is -0.379 e. The number of halogens is 2. The van der Waals surface area contributed by atoms with Gasteiger partial charge in [0.2, 0.25) is 0 Å². The summed E-state index contributed by atoms with van der Waals surface area (Å²) in [6.07, 6.45) is 0. The van der Waals surface area contributed by atoms with Crippen LogP contribution in [0.3, 0.4) is 0 Å². The van der Waals surface area contributed by atoms with Gasteiger partial charge in [0.05, 0.1) is 13.2 Å². The van der Waals surface area contributed by atoms with Gasteiger partial charge in [-0.15, -0.1) is 0 Å². The summed E-state index contributed by atoms with van der Waals surface area (Å²) in [5.41, 5.74) is 0.603. The Balaban J connectivity index is 1.88. The average molecular weight is 415 g/mol. The highest BCUT2D eigenvalue weighted by molar-refractivity contribution is 9.10. The smallest absolute Gasteiger partial charge is 0.191 e. The molecule has 7 heteroatoms. The zero-order valence-electron chi connectivity index (χ0n) is 15.2. The predicted molar refractivity (Wildman–Crippen MR) is 103 cm³/mol. The summed E-state index contributed by atoms with van der Waals surface area (Å²) >= 11 is 3.37. The molecule has 1 heterocycles. The molecule has 1 atom stereocenters. The lowest BCUT2D eigenvalue weighted by Gasteiger charge is -2.37. The van der Waals surface area contributed by atoms with Crippen molar-refractivity contribution in [1.82, 2.24) is 15.5 Å². The zero-order chi connectivity index (χ0) is 18.2. The van der Waals surface area contributed by atoms with E-state index >= 15 is 0 Å². The minimum absolute atomic E-state index is 0.223. The number of morpholine rings is 1. The highest BCUT2D eigenvalue weighted by Gasteiger charge is 2.23. The third-order valence-corrected chi connectivity index (χ3v) is 4.93. The number of hydrogen-bond donors (Lipinski definition) is 2. The fourth-order valence-corrected chi connectivity index (χ4v) is 3.38. The SMILES string of the molecule is CN=C(NCc1cc(Br)ccc1F)NCC(C(C)C)N1CCOCC1. The fraction of sp³-hybridized carbons (Fsp3) is 0.611. The molecule has 25 heavy (non-hydrogen) atoms. The van der Waals surface area contributed by atoms with Crippen LogP contribution in [-0.4, -0.2) is 56.8 Å². The van der Waals surface area contributed by atoms with Crippen molar-refractivity contribution < 1.29 is 9.13 Å². The Morgan fingerprint density at radius 2 is 2.04 bits per heavy atom. The molecule has 1 saturated heterocycles. The summed E-state index contributed by atoms with van der Waals surface area (Å²) in [5, 5.41) is 6.56. The Labute approximate surface area is 158 Å². The van der Waals surface area contributed by atoms with Gasteiger partial charge in [-0.25, -0.2) is 4.39 Å². The number of aliphatic imine (C=N–C) groups is 1. The van der Waals surface area contributed by atoms with E-state index in [4.69, 9.17) is 4.74 Å². The van der Waals surface area contributed by atoms with Crippen LogP contribution in [-0.2, 0) is 11.3 Å². The Morgan fingerprint density at radius 1 is 1.32 bits per heavy atom. The molecule has 0 aromatic heterocycles. The second kappa shape index (κ2) is 10.1. The monoisotopic (exact) mass is 414 g/mol. The van der Waals surface area contributed by atoms with E-state index in [1.807, 2.05) is 0 Å². The first-order valence-corrected chi connectivity index (χ1v) is 9.50. The summed E-state index contributed by atoms with van der Waals surface area (Å²) < 4.78 is 20.2. The summed E-state index contributed by atoms with van der Waals surface area (Å²) in [6, 6.07) is 5.34. The fourth-order valence-electron chi connectivity index (χ4n) is 2.98. The van der Waals surface area contributed by atoms with Crippen molar-refractivity contribution in [2.24, 2.45) is 10.9 Å². The first kappa shape index (κ1) is 20.1. The summed E-state index contributed by atoms with van der Waals surface area (Å²) in [7, 11) is 1.73. The molecular formula is C18H28BrFN4O. The number of nitrogens with one attached hydrogen (secondary N) is 2. The van der Waals surface area contributed by atoms with Gasteiger partial charge in [0.1, 0.15) is 5.82 Å². The molecule has 1 aromatic rings. The number of rotatable bonds is 6. The van der Waals surface area contributed by atoms with Crippen molar-refractivity contribution in [3.05, 3.63) is 34.1 Å². The lowest BCUT2D eigenvalue weighted by Crippen LogP contribution is -2.52. The first-order chi connectivity index (χ1) is 12.0. The Morgan fingerprint density at radius 3 is 2.68 bits per heavy atom. The second-order valence-corrected chi connectivity index (χ2v) is 7.42. The van der Waals surface area contributed by atoms with Gasteiger partial charge in [-0.3, -0.25) is 9.89 Å². The third kappa shape index (κ3) is 6.24. The van der Waals surface area contributed by atoms with Crippen molar-refractivity contribution in [3.8, 4) is 0 Å². The van der Waals surface area contributed by atoms with Crippen LogP contribution < -0.4 is 10.6 Å².